The van der Waals surface area contributed by atoms with Crippen molar-refractivity contribution in [3.8, 4) is 11.4 Å². The number of aromatic nitrogens is 6. The molecule has 5 heterocycles. The molecule has 0 atom stereocenters. The van der Waals surface area contributed by atoms with E-state index in [0.29, 0.717) is 18.3 Å². The van der Waals surface area contributed by atoms with Gasteiger partial charge in [-0.05, 0) is 11.4 Å². The first-order valence-corrected chi connectivity index (χ1v) is 9.67. The van der Waals surface area contributed by atoms with Crippen molar-refractivity contribution in [2.45, 2.75) is 6.54 Å². The van der Waals surface area contributed by atoms with Crippen LogP contribution in [0.2, 0.25) is 0 Å². The number of aryl methyl sites for hydroxylation is 1. The van der Waals surface area contributed by atoms with Gasteiger partial charge in [-0.15, -0.1) is 0 Å². The van der Waals surface area contributed by atoms with E-state index < -0.39 is 0 Å². The molecule has 138 valence electrons. The summed E-state index contributed by atoms with van der Waals surface area (Å²) in [6.45, 7) is 4.24. The van der Waals surface area contributed by atoms with Gasteiger partial charge in [0.2, 0.25) is 11.7 Å². The Kier molecular flexibility index (Phi) is 4.06. The lowest BCUT2D eigenvalue weighted by Gasteiger charge is -2.34. The van der Waals surface area contributed by atoms with Crippen LogP contribution in [0, 0.1) is 0 Å². The summed E-state index contributed by atoms with van der Waals surface area (Å²) in [4.78, 5) is 17.9. The second-order valence-electron chi connectivity index (χ2n) is 6.49. The number of piperazine rings is 1. The zero-order valence-corrected chi connectivity index (χ0v) is 15.6. The molecule has 0 spiro atoms. The minimum atomic E-state index is 0.654. The maximum absolute atomic E-state index is 5.42. The summed E-state index contributed by atoms with van der Waals surface area (Å²) in [5, 5.41) is 13.4. The summed E-state index contributed by atoms with van der Waals surface area (Å²) < 4.78 is 7.19. The average molecular weight is 382 g/mol. The first-order chi connectivity index (χ1) is 13.3. The summed E-state index contributed by atoms with van der Waals surface area (Å²) in [5.41, 5.74) is 1.86. The highest BCUT2D eigenvalue weighted by Gasteiger charge is 2.22. The minimum Gasteiger partial charge on any atom is -0.353 e. The van der Waals surface area contributed by atoms with Gasteiger partial charge in [-0.1, -0.05) is 5.16 Å². The highest BCUT2D eigenvalue weighted by molar-refractivity contribution is 7.08. The van der Waals surface area contributed by atoms with Crippen LogP contribution in [0.15, 0.2) is 33.9 Å². The van der Waals surface area contributed by atoms with E-state index in [-0.39, 0.29) is 0 Å². The fraction of sp³-hybridized carbons (Fsp3) is 0.353. The van der Waals surface area contributed by atoms with Gasteiger partial charge in [0.05, 0.1) is 18.1 Å². The number of thiophene rings is 1. The molecule has 4 aromatic heterocycles. The normalized spacial score (nSPS) is 15.7. The summed E-state index contributed by atoms with van der Waals surface area (Å²) in [6, 6.07) is 2.00. The predicted molar refractivity (Wildman–Crippen MR) is 101 cm³/mol. The van der Waals surface area contributed by atoms with Crippen LogP contribution in [0.4, 0.5) is 5.82 Å². The third kappa shape index (κ3) is 3.06. The van der Waals surface area contributed by atoms with Crippen molar-refractivity contribution < 1.29 is 4.52 Å². The van der Waals surface area contributed by atoms with Gasteiger partial charge in [0.25, 0.3) is 0 Å². The summed E-state index contributed by atoms with van der Waals surface area (Å²) in [6.07, 6.45) is 3.44. The molecule has 1 aliphatic rings. The number of hydrogen-bond donors (Lipinski definition) is 0. The van der Waals surface area contributed by atoms with Gasteiger partial charge in [0, 0.05) is 44.2 Å². The standard InChI is InChI=1S/C17H18N8OS/c1-23-16-13(8-20-23)17(19-11-18-16)25-5-3-24(4-6-25)9-14-21-15(22-26-14)12-2-7-27-10-12/h2,7-8,10-11H,3-6,9H2,1H3. The molecule has 0 N–H and O–H groups in total. The molecule has 0 aromatic carbocycles. The summed E-state index contributed by atoms with van der Waals surface area (Å²) >= 11 is 1.63. The number of fused-ring (bicyclic) bond motifs is 1. The van der Waals surface area contributed by atoms with Crippen LogP contribution in [0.5, 0.6) is 0 Å². The molecule has 1 fully saturated rings. The summed E-state index contributed by atoms with van der Waals surface area (Å²) in [7, 11) is 1.89. The smallest absolute Gasteiger partial charge is 0.241 e. The lowest BCUT2D eigenvalue weighted by atomic mass is 10.2. The van der Waals surface area contributed by atoms with Crippen LogP contribution in [-0.2, 0) is 13.6 Å². The van der Waals surface area contributed by atoms with E-state index in [1.807, 2.05) is 30.1 Å². The van der Waals surface area contributed by atoms with Gasteiger partial charge in [-0.25, -0.2) is 9.97 Å². The zero-order chi connectivity index (χ0) is 18.2. The number of rotatable bonds is 4. The molecule has 4 aromatic rings. The molecular weight excluding hydrogens is 364 g/mol. The van der Waals surface area contributed by atoms with Crippen LogP contribution >= 0.6 is 11.3 Å². The van der Waals surface area contributed by atoms with Crippen molar-refractivity contribution in [3.63, 3.8) is 0 Å². The highest BCUT2D eigenvalue weighted by Crippen LogP contribution is 2.24. The Balaban J connectivity index is 1.25. The van der Waals surface area contributed by atoms with Crippen LogP contribution in [0.1, 0.15) is 5.89 Å². The first-order valence-electron chi connectivity index (χ1n) is 8.73. The van der Waals surface area contributed by atoms with Crippen LogP contribution in [0.25, 0.3) is 22.4 Å². The van der Waals surface area contributed by atoms with E-state index in [9.17, 15) is 0 Å². The van der Waals surface area contributed by atoms with E-state index in [0.717, 1.165) is 48.6 Å². The molecule has 27 heavy (non-hydrogen) atoms. The van der Waals surface area contributed by atoms with E-state index in [1.54, 1.807) is 22.3 Å². The largest absolute Gasteiger partial charge is 0.353 e. The Morgan fingerprint density at radius 1 is 1.19 bits per heavy atom. The Morgan fingerprint density at radius 2 is 2.07 bits per heavy atom. The lowest BCUT2D eigenvalue weighted by Crippen LogP contribution is -2.46. The van der Waals surface area contributed by atoms with Crippen LogP contribution in [0.3, 0.4) is 0 Å². The van der Waals surface area contributed by atoms with Gasteiger partial charge in [0.1, 0.15) is 12.1 Å². The molecule has 0 saturated carbocycles. The van der Waals surface area contributed by atoms with E-state index in [2.05, 4.69) is 35.0 Å². The lowest BCUT2D eigenvalue weighted by molar-refractivity contribution is 0.215. The topological polar surface area (TPSA) is 89.0 Å². The van der Waals surface area contributed by atoms with Crippen LogP contribution in [-0.4, -0.2) is 61.0 Å². The molecule has 0 bridgehead atoms. The van der Waals surface area contributed by atoms with Crippen molar-refractivity contribution in [2.75, 3.05) is 31.1 Å². The zero-order valence-electron chi connectivity index (χ0n) is 14.8. The maximum Gasteiger partial charge on any atom is 0.241 e. The fourth-order valence-corrected chi connectivity index (χ4v) is 3.97. The molecule has 1 aliphatic heterocycles. The second kappa shape index (κ2) is 6.71. The molecule has 9 nitrogen and oxygen atoms in total. The van der Waals surface area contributed by atoms with E-state index >= 15 is 0 Å². The molecule has 1 saturated heterocycles. The third-order valence-electron chi connectivity index (χ3n) is 4.79. The predicted octanol–water partition coefficient (Wildman–Crippen LogP) is 1.80. The van der Waals surface area contributed by atoms with Crippen LogP contribution < -0.4 is 4.90 Å². The number of nitrogens with zero attached hydrogens (tertiary/aromatic N) is 8. The fourth-order valence-electron chi connectivity index (χ4n) is 3.34. The molecular formula is C17H18N8OS. The molecule has 0 amide bonds. The van der Waals surface area contributed by atoms with Gasteiger partial charge >= 0.3 is 0 Å². The van der Waals surface area contributed by atoms with E-state index in [4.69, 9.17) is 4.52 Å². The van der Waals surface area contributed by atoms with Crippen molar-refractivity contribution in [2.24, 2.45) is 7.05 Å². The third-order valence-corrected chi connectivity index (χ3v) is 5.47. The van der Waals surface area contributed by atoms with Crippen molar-refractivity contribution >= 4 is 28.2 Å². The minimum absolute atomic E-state index is 0.654. The highest BCUT2D eigenvalue weighted by atomic mass is 32.1. The first kappa shape index (κ1) is 16.3. The van der Waals surface area contributed by atoms with Crippen molar-refractivity contribution in [1.82, 2.24) is 34.8 Å². The van der Waals surface area contributed by atoms with Crippen molar-refractivity contribution in [3.05, 3.63) is 35.2 Å². The molecule has 0 radical (unpaired) electrons. The van der Waals surface area contributed by atoms with Gasteiger partial charge < -0.3 is 9.42 Å². The Morgan fingerprint density at radius 3 is 2.89 bits per heavy atom. The molecule has 0 unspecified atom stereocenters. The molecule has 10 heteroatoms. The Hall–Kier alpha value is -2.85. The second-order valence-corrected chi connectivity index (χ2v) is 7.27. The molecule has 0 aliphatic carbocycles. The van der Waals surface area contributed by atoms with Gasteiger partial charge in [-0.3, -0.25) is 9.58 Å². The monoisotopic (exact) mass is 382 g/mol. The number of hydrogen-bond acceptors (Lipinski definition) is 9. The average Bonchev–Trinajstić information content (AvgIpc) is 3.44. The Bertz CT molecular complexity index is 1050. The van der Waals surface area contributed by atoms with E-state index in [1.165, 1.54) is 0 Å². The van der Waals surface area contributed by atoms with Crippen molar-refractivity contribution in [1.29, 1.82) is 0 Å². The maximum atomic E-state index is 5.42. The summed E-state index contributed by atoms with van der Waals surface area (Å²) in [5.74, 6) is 2.26. The number of anilines is 1. The SMILES string of the molecule is Cn1ncc2c(N3CCN(Cc4nc(-c5ccsc5)no4)CC3)ncnc21. The van der Waals surface area contributed by atoms with Gasteiger partial charge in [0.15, 0.2) is 5.65 Å². The Labute approximate surface area is 159 Å². The molecule has 5 rings (SSSR count). The quantitative estimate of drug-likeness (QED) is 0.528. The van der Waals surface area contributed by atoms with Gasteiger partial charge in [-0.2, -0.15) is 21.4 Å².